The number of nitrogens with zero attached hydrogens (tertiary/aromatic N) is 3. The number of hydrogen-bond donors (Lipinski definition) is 0. The molecule has 4 heteroatoms. The molecule has 0 amide bonds. The average molecular weight is 592 g/mol. The van der Waals surface area contributed by atoms with E-state index in [-0.39, 0.29) is 0 Å². The van der Waals surface area contributed by atoms with Crippen LogP contribution in [-0.4, -0.2) is 15.0 Å². The van der Waals surface area contributed by atoms with E-state index in [4.69, 9.17) is 15.0 Å². The van der Waals surface area contributed by atoms with E-state index in [2.05, 4.69) is 115 Å². The highest BCUT2D eigenvalue weighted by atomic mass is 32.1. The Bertz CT molecular complexity index is 2470. The van der Waals surface area contributed by atoms with E-state index in [0.717, 1.165) is 50.2 Å². The second kappa shape index (κ2) is 10.5. The Morgan fingerprint density at radius 3 is 1.84 bits per heavy atom. The SMILES string of the molecule is c1ccc(-c2cc(-c3ccccc3)nc(-c3ccc4c(c3)nc(-c3cccc5ccccc35)c3c5ccccc5sc43)n2)cc1. The van der Waals surface area contributed by atoms with Crippen molar-refractivity contribution in [2.45, 2.75) is 0 Å². The quantitative estimate of drug-likeness (QED) is 0.204. The molecule has 0 N–H and O–H groups in total. The van der Waals surface area contributed by atoms with Crippen molar-refractivity contribution in [3.05, 3.63) is 152 Å². The topological polar surface area (TPSA) is 38.7 Å². The van der Waals surface area contributed by atoms with Crippen molar-refractivity contribution in [1.82, 2.24) is 15.0 Å². The average Bonchev–Trinajstić information content (AvgIpc) is 3.51. The van der Waals surface area contributed by atoms with Crippen LogP contribution in [0.25, 0.3) is 87.0 Å². The predicted molar refractivity (Wildman–Crippen MR) is 189 cm³/mol. The van der Waals surface area contributed by atoms with Gasteiger partial charge in [-0.15, -0.1) is 11.3 Å². The van der Waals surface area contributed by atoms with Crippen molar-refractivity contribution >= 4 is 53.2 Å². The summed E-state index contributed by atoms with van der Waals surface area (Å²) in [5.74, 6) is 0.682. The van der Waals surface area contributed by atoms with E-state index in [9.17, 15) is 0 Å². The van der Waals surface area contributed by atoms with Gasteiger partial charge in [-0.2, -0.15) is 0 Å². The molecule has 0 saturated carbocycles. The van der Waals surface area contributed by atoms with Crippen LogP contribution in [0.1, 0.15) is 0 Å². The minimum Gasteiger partial charge on any atom is -0.247 e. The second-order valence-electron chi connectivity index (χ2n) is 11.2. The Kier molecular flexibility index (Phi) is 6.00. The van der Waals surface area contributed by atoms with Crippen LogP contribution in [0.5, 0.6) is 0 Å². The summed E-state index contributed by atoms with van der Waals surface area (Å²) in [6.45, 7) is 0. The normalized spacial score (nSPS) is 11.6. The molecule has 0 saturated heterocycles. The molecule has 6 aromatic carbocycles. The van der Waals surface area contributed by atoms with Crippen molar-refractivity contribution in [3.63, 3.8) is 0 Å². The van der Waals surface area contributed by atoms with Gasteiger partial charge in [0, 0.05) is 47.8 Å². The van der Waals surface area contributed by atoms with Gasteiger partial charge >= 0.3 is 0 Å². The number of rotatable bonds is 4. The van der Waals surface area contributed by atoms with Crippen LogP contribution in [0.4, 0.5) is 0 Å². The fourth-order valence-corrected chi connectivity index (χ4v) is 7.56. The highest BCUT2D eigenvalue weighted by Crippen LogP contribution is 2.44. The number of pyridine rings is 1. The number of aromatic nitrogens is 3. The molecule has 0 bridgehead atoms. The van der Waals surface area contributed by atoms with Gasteiger partial charge in [0.05, 0.1) is 22.6 Å². The fourth-order valence-electron chi connectivity index (χ4n) is 6.32. The number of thiophene rings is 1. The van der Waals surface area contributed by atoms with E-state index < -0.39 is 0 Å². The van der Waals surface area contributed by atoms with Gasteiger partial charge in [0.2, 0.25) is 0 Å². The third kappa shape index (κ3) is 4.38. The van der Waals surface area contributed by atoms with Crippen molar-refractivity contribution in [3.8, 4) is 45.2 Å². The smallest absolute Gasteiger partial charge is 0.160 e. The van der Waals surface area contributed by atoms with Crippen molar-refractivity contribution < 1.29 is 0 Å². The van der Waals surface area contributed by atoms with Crippen LogP contribution >= 0.6 is 11.3 Å². The van der Waals surface area contributed by atoms with Crippen molar-refractivity contribution in [2.24, 2.45) is 0 Å². The highest BCUT2D eigenvalue weighted by molar-refractivity contribution is 7.26. The van der Waals surface area contributed by atoms with Gasteiger partial charge in [-0.3, -0.25) is 0 Å². The maximum Gasteiger partial charge on any atom is 0.160 e. The fraction of sp³-hybridized carbons (Fsp3) is 0. The zero-order valence-corrected chi connectivity index (χ0v) is 25.0. The van der Waals surface area contributed by atoms with Gasteiger partial charge < -0.3 is 0 Å². The van der Waals surface area contributed by atoms with E-state index in [0.29, 0.717) is 5.82 Å². The lowest BCUT2D eigenvalue weighted by molar-refractivity contribution is 1.18. The number of hydrogen-bond acceptors (Lipinski definition) is 4. The van der Waals surface area contributed by atoms with Crippen molar-refractivity contribution in [1.29, 1.82) is 0 Å². The summed E-state index contributed by atoms with van der Waals surface area (Å²) >= 11 is 1.84. The number of fused-ring (bicyclic) bond motifs is 6. The third-order valence-corrected chi connectivity index (χ3v) is 9.68. The molecular formula is C41H25N3S. The first-order valence-corrected chi connectivity index (χ1v) is 15.9. The van der Waals surface area contributed by atoms with E-state index in [1.807, 2.05) is 47.7 Å². The predicted octanol–water partition coefficient (Wildman–Crippen LogP) is 11.2. The first-order chi connectivity index (χ1) is 22.3. The molecule has 0 aliphatic heterocycles. The van der Waals surface area contributed by atoms with Gasteiger partial charge in [-0.05, 0) is 29.0 Å². The lowest BCUT2D eigenvalue weighted by Crippen LogP contribution is -1.96. The Labute approximate surface area is 264 Å². The van der Waals surface area contributed by atoms with Gasteiger partial charge in [-0.25, -0.2) is 15.0 Å². The highest BCUT2D eigenvalue weighted by Gasteiger charge is 2.19. The summed E-state index contributed by atoms with van der Waals surface area (Å²) < 4.78 is 2.51. The minimum atomic E-state index is 0.682. The summed E-state index contributed by atoms with van der Waals surface area (Å²) in [6.07, 6.45) is 0. The molecule has 3 nitrogen and oxygen atoms in total. The van der Waals surface area contributed by atoms with Crippen LogP contribution < -0.4 is 0 Å². The van der Waals surface area contributed by atoms with Crippen LogP contribution in [-0.2, 0) is 0 Å². The van der Waals surface area contributed by atoms with Crippen molar-refractivity contribution in [2.75, 3.05) is 0 Å². The van der Waals surface area contributed by atoms with Crippen LogP contribution in [0.2, 0.25) is 0 Å². The molecule has 0 aliphatic rings. The lowest BCUT2D eigenvalue weighted by atomic mass is 9.97. The summed E-state index contributed by atoms with van der Waals surface area (Å²) in [6, 6.07) is 52.9. The maximum atomic E-state index is 5.44. The molecule has 0 fully saturated rings. The number of benzene rings is 6. The lowest BCUT2D eigenvalue weighted by Gasteiger charge is -2.12. The molecule has 9 rings (SSSR count). The molecule has 0 radical (unpaired) electrons. The van der Waals surface area contributed by atoms with Gasteiger partial charge in [0.15, 0.2) is 5.82 Å². The van der Waals surface area contributed by atoms with Gasteiger partial charge in [0.1, 0.15) is 0 Å². The molecule has 0 aliphatic carbocycles. The molecular weight excluding hydrogens is 567 g/mol. The summed E-state index contributed by atoms with van der Waals surface area (Å²) in [4.78, 5) is 15.6. The van der Waals surface area contributed by atoms with E-state index in [1.165, 1.54) is 30.9 Å². The van der Waals surface area contributed by atoms with Crippen LogP contribution in [0.3, 0.4) is 0 Å². The van der Waals surface area contributed by atoms with Gasteiger partial charge in [0.25, 0.3) is 0 Å². The van der Waals surface area contributed by atoms with E-state index in [1.54, 1.807) is 0 Å². The molecule has 3 heterocycles. The first-order valence-electron chi connectivity index (χ1n) is 15.0. The minimum absolute atomic E-state index is 0.682. The molecule has 0 atom stereocenters. The molecule has 45 heavy (non-hydrogen) atoms. The Balaban J connectivity index is 1.32. The molecule has 0 spiro atoms. The Hall–Kier alpha value is -5.71. The van der Waals surface area contributed by atoms with Crippen LogP contribution in [0.15, 0.2) is 152 Å². The van der Waals surface area contributed by atoms with Gasteiger partial charge in [-0.1, -0.05) is 133 Å². The third-order valence-electron chi connectivity index (χ3n) is 8.48. The zero-order valence-electron chi connectivity index (χ0n) is 24.2. The summed E-state index contributed by atoms with van der Waals surface area (Å²) in [5, 5.41) is 6.00. The molecule has 9 aromatic rings. The summed E-state index contributed by atoms with van der Waals surface area (Å²) in [7, 11) is 0. The maximum absolute atomic E-state index is 5.44. The molecule has 210 valence electrons. The standard InChI is InChI=1S/C41H25N3S/c1-3-13-27(14-4-1)34-25-35(28-15-5-2-6-16-28)44-41(43-34)29-22-23-32-36(24-29)42-39(31-20-11-17-26-12-7-8-18-30(26)31)38-33-19-9-10-21-37(33)45-40(32)38/h1-25H. The zero-order chi connectivity index (χ0) is 29.7. The largest absolute Gasteiger partial charge is 0.247 e. The van der Waals surface area contributed by atoms with E-state index >= 15 is 0 Å². The second-order valence-corrected chi connectivity index (χ2v) is 12.3. The Morgan fingerprint density at radius 2 is 1.09 bits per heavy atom. The molecule has 3 aromatic heterocycles. The van der Waals surface area contributed by atoms with Crippen LogP contribution in [0, 0.1) is 0 Å². The summed E-state index contributed by atoms with van der Waals surface area (Å²) in [5.41, 5.74) is 7.92. The first kappa shape index (κ1) is 25.8. The molecule has 0 unspecified atom stereocenters. The Morgan fingerprint density at radius 1 is 0.444 bits per heavy atom. The monoisotopic (exact) mass is 591 g/mol.